The van der Waals surface area contributed by atoms with E-state index >= 15 is 0 Å². The van der Waals surface area contributed by atoms with Gasteiger partial charge in [0.15, 0.2) is 0 Å². The number of hydrogen-bond acceptors (Lipinski definition) is 3. The topological polar surface area (TPSA) is 57.4 Å². The normalized spacial score (nSPS) is 11.5. The van der Waals surface area contributed by atoms with Gasteiger partial charge in [-0.3, -0.25) is 0 Å². The molecule has 2 aromatic rings. The number of aromatic nitrogens is 1. The van der Waals surface area contributed by atoms with Crippen molar-refractivity contribution in [2.45, 2.75) is 12.6 Å². The van der Waals surface area contributed by atoms with Gasteiger partial charge in [0.05, 0.1) is 19.3 Å². The number of hydrogen-bond donors (Lipinski definition) is 3. The maximum atomic E-state index is 8.99. The van der Waals surface area contributed by atoms with Crippen molar-refractivity contribution in [2.75, 3.05) is 13.2 Å². The lowest BCUT2D eigenvalue weighted by Gasteiger charge is -2.12. The van der Waals surface area contributed by atoms with Gasteiger partial charge >= 0.3 is 0 Å². The number of fused-ring (bicyclic) bond motifs is 1. The van der Waals surface area contributed by atoms with Crippen LogP contribution in [0.15, 0.2) is 30.5 Å². The quantitative estimate of drug-likeness (QED) is 0.711. The molecule has 0 spiro atoms. The molecule has 0 saturated carbocycles. The highest BCUT2D eigenvalue weighted by Crippen LogP contribution is 2.19. The number of aryl methyl sites for hydroxylation is 1. The Morgan fingerprint density at radius 1 is 1.24 bits per heavy atom. The largest absolute Gasteiger partial charge is 0.395 e. The molecule has 1 aromatic carbocycles. The minimum Gasteiger partial charge on any atom is -0.395 e. The van der Waals surface area contributed by atoms with Crippen LogP contribution in [0.1, 0.15) is 5.56 Å². The Balaban J connectivity index is 2.19. The number of para-hydroxylation sites is 1. The van der Waals surface area contributed by atoms with E-state index in [1.807, 2.05) is 19.2 Å². The second-order valence-corrected chi connectivity index (χ2v) is 4.23. The van der Waals surface area contributed by atoms with Crippen molar-refractivity contribution >= 4 is 10.9 Å². The smallest absolute Gasteiger partial charge is 0.0607 e. The summed E-state index contributed by atoms with van der Waals surface area (Å²) in [7, 11) is 2.02. The molecule has 1 aromatic heterocycles. The fourth-order valence-electron chi connectivity index (χ4n) is 2.01. The van der Waals surface area contributed by atoms with E-state index in [0.29, 0.717) is 6.54 Å². The Morgan fingerprint density at radius 2 is 1.94 bits per heavy atom. The SMILES string of the molecule is Cn1cc(CNC(CO)CO)c2ccccc21. The first-order valence-electron chi connectivity index (χ1n) is 5.74. The molecule has 0 atom stereocenters. The maximum absolute atomic E-state index is 8.99. The number of nitrogens with zero attached hydrogens (tertiary/aromatic N) is 1. The molecule has 4 nitrogen and oxygen atoms in total. The molecule has 0 aliphatic rings. The average Bonchev–Trinajstić information content (AvgIpc) is 2.69. The molecular weight excluding hydrogens is 216 g/mol. The molecule has 0 unspecified atom stereocenters. The zero-order chi connectivity index (χ0) is 12.3. The summed E-state index contributed by atoms with van der Waals surface area (Å²) in [5.41, 5.74) is 2.36. The Hall–Kier alpha value is -1.36. The summed E-state index contributed by atoms with van der Waals surface area (Å²) in [6, 6.07) is 7.94. The lowest BCUT2D eigenvalue weighted by atomic mass is 10.1. The van der Waals surface area contributed by atoms with Gasteiger partial charge in [-0.15, -0.1) is 0 Å². The van der Waals surface area contributed by atoms with Gasteiger partial charge in [0, 0.05) is 30.7 Å². The number of rotatable bonds is 5. The van der Waals surface area contributed by atoms with Crippen molar-refractivity contribution in [3.63, 3.8) is 0 Å². The second kappa shape index (κ2) is 5.31. The van der Waals surface area contributed by atoms with Crippen LogP contribution in [0.25, 0.3) is 10.9 Å². The van der Waals surface area contributed by atoms with Crippen molar-refractivity contribution in [1.82, 2.24) is 9.88 Å². The van der Waals surface area contributed by atoms with Crippen LogP contribution in [0, 0.1) is 0 Å². The average molecular weight is 234 g/mol. The first-order chi connectivity index (χ1) is 8.26. The molecule has 2 rings (SSSR count). The summed E-state index contributed by atoms with van der Waals surface area (Å²) in [6.45, 7) is 0.537. The summed E-state index contributed by atoms with van der Waals surface area (Å²) >= 11 is 0. The summed E-state index contributed by atoms with van der Waals surface area (Å²) in [4.78, 5) is 0. The highest BCUT2D eigenvalue weighted by molar-refractivity contribution is 5.83. The number of aliphatic hydroxyl groups is 2. The van der Waals surface area contributed by atoms with E-state index < -0.39 is 0 Å². The van der Waals surface area contributed by atoms with Gasteiger partial charge in [0.25, 0.3) is 0 Å². The third-order valence-electron chi connectivity index (χ3n) is 3.00. The molecule has 1 heterocycles. The van der Waals surface area contributed by atoms with Crippen molar-refractivity contribution in [3.05, 3.63) is 36.0 Å². The number of benzene rings is 1. The van der Waals surface area contributed by atoms with Crippen LogP contribution in [0.3, 0.4) is 0 Å². The minimum absolute atomic E-state index is 0.0543. The zero-order valence-corrected chi connectivity index (χ0v) is 9.93. The van der Waals surface area contributed by atoms with Crippen LogP contribution in [0.4, 0.5) is 0 Å². The third-order valence-corrected chi connectivity index (χ3v) is 3.00. The van der Waals surface area contributed by atoms with E-state index in [2.05, 4.69) is 28.2 Å². The van der Waals surface area contributed by atoms with Crippen LogP contribution < -0.4 is 5.32 Å². The molecule has 0 bridgehead atoms. The number of aliphatic hydroxyl groups excluding tert-OH is 2. The lowest BCUT2D eigenvalue weighted by molar-refractivity contribution is 0.170. The Bertz CT molecular complexity index is 489. The zero-order valence-electron chi connectivity index (χ0n) is 9.93. The van der Waals surface area contributed by atoms with Gasteiger partial charge in [0.2, 0.25) is 0 Å². The molecule has 3 N–H and O–H groups in total. The highest BCUT2D eigenvalue weighted by atomic mass is 16.3. The first kappa shape index (κ1) is 12.1. The molecule has 0 fully saturated rings. The van der Waals surface area contributed by atoms with E-state index in [1.165, 1.54) is 16.5 Å². The molecule has 0 amide bonds. The van der Waals surface area contributed by atoms with Crippen LogP contribution in [-0.4, -0.2) is 34.0 Å². The molecule has 0 radical (unpaired) electrons. The van der Waals surface area contributed by atoms with E-state index in [1.54, 1.807) is 0 Å². The minimum atomic E-state index is -0.256. The molecular formula is C13H18N2O2. The Labute approximate surface area is 100 Å². The molecule has 92 valence electrons. The van der Waals surface area contributed by atoms with Gasteiger partial charge in [-0.2, -0.15) is 0 Å². The van der Waals surface area contributed by atoms with Gasteiger partial charge in [-0.25, -0.2) is 0 Å². The second-order valence-electron chi connectivity index (χ2n) is 4.23. The van der Waals surface area contributed by atoms with Gasteiger partial charge in [0.1, 0.15) is 0 Å². The fraction of sp³-hybridized carbons (Fsp3) is 0.385. The summed E-state index contributed by atoms with van der Waals surface area (Å²) < 4.78 is 2.08. The summed E-state index contributed by atoms with van der Waals surface area (Å²) in [6.07, 6.45) is 2.07. The van der Waals surface area contributed by atoms with Crippen LogP contribution in [0.5, 0.6) is 0 Å². The molecule has 17 heavy (non-hydrogen) atoms. The lowest BCUT2D eigenvalue weighted by Crippen LogP contribution is -2.35. The predicted molar refractivity (Wildman–Crippen MR) is 67.7 cm³/mol. The van der Waals surface area contributed by atoms with E-state index in [-0.39, 0.29) is 19.3 Å². The van der Waals surface area contributed by atoms with E-state index in [0.717, 1.165) is 0 Å². The van der Waals surface area contributed by atoms with Crippen molar-refractivity contribution in [2.24, 2.45) is 7.05 Å². The maximum Gasteiger partial charge on any atom is 0.0607 e. The van der Waals surface area contributed by atoms with E-state index in [4.69, 9.17) is 10.2 Å². The Kier molecular flexibility index (Phi) is 3.78. The van der Waals surface area contributed by atoms with Crippen LogP contribution in [-0.2, 0) is 13.6 Å². The molecule has 0 saturated heterocycles. The predicted octanol–water partition coefficient (Wildman–Crippen LogP) is 0.621. The van der Waals surface area contributed by atoms with Gasteiger partial charge in [-0.1, -0.05) is 18.2 Å². The van der Waals surface area contributed by atoms with Gasteiger partial charge in [-0.05, 0) is 11.6 Å². The van der Waals surface area contributed by atoms with Crippen LogP contribution in [0.2, 0.25) is 0 Å². The fourth-order valence-corrected chi connectivity index (χ4v) is 2.01. The number of nitrogens with one attached hydrogen (secondary N) is 1. The standard InChI is InChI=1S/C13H18N2O2/c1-15-7-10(6-14-11(8-16)9-17)12-4-2-3-5-13(12)15/h2-5,7,11,14,16-17H,6,8-9H2,1H3. The summed E-state index contributed by atoms with van der Waals surface area (Å²) in [5, 5.41) is 22.3. The molecule has 0 aliphatic carbocycles. The van der Waals surface area contributed by atoms with E-state index in [9.17, 15) is 0 Å². The molecule has 4 heteroatoms. The van der Waals surface area contributed by atoms with Gasteiger partial charge < -0.3 is 20.1 Å². The van der Waals surface area contributed by atoms with Crippen molar-refractivity contribution in [1.29, 1.82) is 0 Å². The van der Waals surface area contributed by atoms with Crippen molar-refractivity contribution < 1.29 is 10.2 Å². The van der Waals surface area contributed by atoms with Crippen molar-refractivity contribution in [3.8, 4) is 0 Å². The van der Waals surface area contributed by atoms with Crippen LogP contribution >= 0.6 is 0 Å². The Morgan fingerprint density at radius 3 is 2.65 bits per heavy atom. The summed E-state index contributed by atoms with van der Waals surface area (Å²) in [5.74, 6) is 0. The first-order valence-corrected chi connectivity index (χ1v) is 5.74. The highest BCUT2D eigenvalue weighted by Gasteiger charge is 2.08. The monoisotopic (exact) mass is 234 g/mol. The molecule has 0 aliphatic heterocycles. The third kappa shape index (κ3) is 2.49.